The predicted molar refractivity (Wildman–Crippen MR) is 120 cm³/mol. The first-order valence-electron chi connectivity index (χ1n) is 9.85. The fourth-order valence-electron chi connectivity index (χ4n) is 3.50. The molecule has 162 valence electrons. The highest BCUT2D eigenvalue weighted by atomic mass is 32.2. The summed E-state index contributed by atoms with van der Waals surface area (Å²) in [6.45, 7) is 2.07. The molecule has 7 nitrogen and oxygen atoms in total. The molecule has 1 unspecified atom stereocenters. The van der Waals surface area contributed by atoms with Crippen LogP contribution in [0.2, 0.25) is 0 Å². The molecule has 31 heavy (non-hydrogen) atoms. The zero-order valence-electron chi connectivity index (χ0n) is 17.4. The summed E-state index contributed by atoms with van der Waals surface area (Å²) in [4.78, 5) is 16.3. The number of hydrogen-bond acceptors (Lipinski definition) is 6. The highest BCUT2D eigenvalue weighted by Crippen LogP contribution is 2.33. The van der Waals surface area contributed by atoms with E-state index in [4.69, 9.17) is 10.5 Å². The molecule has 8 heteroatoms. The molecule has 2 N–H and O–H groups in total. The average molecular weight is 440 g/mol. The topological polar surface area (TPSA) is 103 Å². The summed E-state index contributed by atoms with van der Waals surface area (Å²) in [5.74, 6) is -0.481. The first kappa shape index (κ1) is 22.5. The Balaban J connectivity index is 2.16. The summed E-state index contributed by atoms with van der Waals surface area (Å²) in [5.41, 5.74) is 6.67. The van der Waals surface area contributed by atoms with E-state index in [-0.39, 0.29) is 11.4 Å². The maximum absolute atomic E-state index is 13.8. The Morgan fingerprint density at radius 2 is 2.00 bits per heavy atom. The van der Waals surface area contributed by atoms with Gasteiger partial charge in [-0.1, -0.05) is 37.3 Å². The predicted octanol–water partition coefficient (Wildman–Crippen LogP) is 3.64. The van der Waals surface area contributed by atoms with Crippen LogP contribution in [0, 0.1) is 0 Å². The molecule has 0 bridgehead atoms. The molecule has 1 atom stereocenters. The van der Waals surface area contributed by atoms with Gasteiger partial charge in [-0.15, -0.1) is 0 Å². The van der Waals surface area contributed by atoms with Crippen LogP contribution < -0.4 is 5.73 Å². The van der Waals surface area contributed by atoms with Gasteiger partial charge in [0.05, 0.1) is 23.6 Å². The van der Waals surface area contributed by atoms with Gasteiger partial charge in [-0.25, -0.2) is 13.2 Å². The Morgan fingerprint density at radius 3 is 2.71 bits per heavy atom. The van der Waals surface area contributed by atoms with Crippen molar-refractivity contribution in [2.45, 2.75) is 24.3 Å². The lowest BCUT2D eigenvalue weighted by molar-refractivity contribution is 0.0600. The van der Waals surface area contributed by atoms with E-state index in [0.29, 0.717) is 22.9 Å². The van der Waals surface area contributed by atoms with E-state index in [1.807, 2.05) is 13.0 Å². The maximum Gasteiger partial charge on any atom is 0.337 e. The smallest absolute Gasteiger partial charge is 0.337 e. The van der Waals surface area contributed by atoms with Crippen molar-refractivity contribution in [2.75, 3.05) is 13.7 Å². The molecular formula is C23H25N3O4S. The molecule has 1 heterocycles. The van der Waals surface area contributed by atoms with Crippen LogP contribution in [0.5, 0.6) is 0 Å². The van der Waals surface area contributed by atoms with E-state index in [2.05, 4.69) is 4.98 Å². The second kappa shape index (κ2) is 9.72. The van der Waals surface area contributed by atoms with Crippen LogP contribution in [0.15, 0.2) is 78.1 Å². The van der Waals surface area contributed by atoms with Gasteiger partial charge in [0.2, 0.25) is 0 Å². The average Bonchev–Trinajstić information content (AvgIpc) is 2.80. The van der Waals surface area contributed by atoms with Gasteiger partial charge < -0.3 is 10.5 Å². The number of carbonyl (C=O) groups is 1. The fourth-order valence-corrected chi connectivity index (χ4v) is 5.29. The van der Waals surface area contributed by atoms with Gasteiger partial charge in [-0.3, -0.25) is 9.29 Å². The molecule has 2 aromatic carbocycles. The maximum atomic E-state index is 13.8. The number of benzene rings is 2. The van der Waals surface area contributed by atoms with Crippen molar-refractivity contribution in [1.29, 1.82) is 0 Å². The largest absolute Gasteiger partial charge is 0.465 e. The van der Waals surface area contributed by atoms with Crippen molar-refractivity contribution in [3.63, 3.8) is 0 Å². The van der Waals surface area contributed by atoms with Crippen molar-refractivity contribution in [3.8, 4) is 0 Å². The highest BCUT2D eigenvalue weighted by Gasteiger charge is 2.30. The lowest BCUT2D eigenvalue weighted by Crippen LogP contribution is -2.31. The molecule has 0 saturated carbocycles. The minimum atomic E-state index is -3.95. The van der Waals surface area contributed by atoms with Crippen molar-refractivity contribution in [1.82, 2.24) is 9.29 Å². The second-order valence-corrected chi connectivity index (χ2v) is 8.66. The van der Waals surface area contributed by atoms with Gasteiger partial charge >= 0.3 is 5.97 Å². The summed E-state index contributed by atoms with van der Waals surface area (Å²) in [6, 6.07) is 13.0. The molecular weight excluding hydrogens is 414 g/mol. The van der Waals surface area contributed by atoms with Crippen molar-refractivity contribution in [2.24, 2.45) is 5.73 Å². The normalized spacial score (nSPS) is 12.7. The number of pyridine rings is 1. The van der Waals surface area contributed by atoms with E-state index in [1.54, 1.807) is 60.9 Å². The standard InChI is InChI=1S/C23H25N3O4S/c1-3-21(17-7-4-8-18(15-17)23(27)30-2)26(14-6-12-24)31(28,29)22-10-5-9-19-16-25-13-11-20(19)22/h4-11,13-16,21H,3,12,24H2,1-2H3. The molecule has 0 radical (unpaired) electrons. The Bertz CT molecular complexity index is 1200. The van der Waals surface area contributed by atoms with E-state index < -0.39 is 22.0 Å². The van der Waals surface area contributed by atoms with Gasteiger partial charge in [0.15, 0.2) is 0 Å². The number of carbonyl (C=O) groups excluding carboxylic acids is 1. The molecule has 0 amide bonds. The van der Waals surface area contributed by atoms with Crippen LogP contribution in [-0.2, 0) is 14.8 Å². The molecule has 1 aromatic heterocycles. The van der Waals surface area contributed by atoms with Crippen LogP contribution in [0.4, 0.5) is 0 Å². The molecule has 0 spiro atoms. The van der Waals surface area contributed by atoms with Gasteiger partial charge in [0.1, 0.15) is 0 Å². The summed E-state index contributed by atoms with van der Waals surface area (Å²) < 4.78 is 33.8. The summed E-state index contributed by atoms with van der Waals surface area (Å²) in [5, 5.41) is 1.31. The zero-order valence-corrected chi connectivity index (χ0v) is 18.2. The number of hydrogen-bond donors (Lipinski definition) is 1. The van der Waals surface area contributed by atoms with Crippen LogP contribution >= 0.6 is 0 Å². The lowest BCUT2D eigenvalue weighted by Gasteiger charge is -2.30. The first-order valence-corrected chi connectivity index (χ1v) is 11.3. The number of nitrogens with two attached hydrogens (primary N) is 1. The molecule has 0 aliphatic rings. The van der Waals surface area contributed by atoms with Crippen molar-refractivity contribution in [3.05, 3.63) is 84.3 Å². The summed E-state index contributed by atoms with van der Waals surface area (Å²) in [6.07, 6.45) is 6.76. The van der Waals surface area contributed by atoms with Crippen molar-refractivity contribution < 1.29 is 17.9 Å². The molecule has 0 aliphatic carbocycles. The van der Waals surface area contributed by atoms with E-state index in [0.717, 1.165) is 5.39 Å². The van der Waals surface area contributed by atoms with Gasteiger partial charge in [-0.05, 0) is 36.2 Å². The SMILES string of the molecule is CCC(c1cccc(C(=O)OC)c1)N(C=CCN)S(=O)(=O)c1cccc2cnccc12. The lowest BCUT2D eigenvalue weighted by atomic mass is 10.0. The monoisotopic (exact) mass is 439 g/mol. The number of esters is 1. The number of ether oxygens (including phenoxy) is 1. The highest BCUT2D eigenvalue weighted by molar-refractivity contribution is 7.89. The Kier molecular flexibility index (Phi) is 7.04. The minimum absolute atomic E-state index is 0.177. The van der Waals surface area contributed by atoms with Crippen LogP contribution in [0.3, 0.4) is 0 Å². The third-order valence-corrected chi connectivity index (χ3v) is 6.81. The summed E-state index contributed by atoms with van der Waals surface area (Å²) in [7, 11) is -2.64. The fraction of sp³-hybridized carbons (Fsp3) is 0.217. The number of rotatable bonds is 8. The van der Waals surface area contributed by atoms with Crippen LogP contribution in [0.1, 0.15) is 35.3 Å². The van der Waals surface area contributed by atoms with Gasteiger partial charge in [0.25, 0.3) is 10.0 Å². The third-order valence-electron chi connectivity index (χ3n) is 4.97. The van der Waals surface area contributed by atoms with Gasteiger partial charge in [-0.2, -0.15) is 0 Å². The van der Waals surface area contributed by atoms with Crippen molar-refractivity contribution >= 4 is 26.8 Å². The molecule has 3 aromatic rings. The number of nitrogens with zero attached hydrogens (tertiary/aromatic N) is 2. The number of aromatic nitrogens is 1. The Labute approximate surface area is 182 Å². The molecule has 0 saturated heterocycles. The number of methoxy groups -OCH3 is 1. The number of sulfonamides is 1. The third kappa shape index (κ3) is 4.60. The number of fused-ring (bicyclic) bond motifs is 1. The summed E-state index contributed by atoms with van der Waals surface area (Å²) >= 11 is 0. The van der Waals surface area contributed by atoms with Gasteiger partial charge in [0, 0.05) is 35.9 Å². The molecule has 3 rings (SSSR count). The van der Waals surface area contributed by atoms with Crippen LogP contribution in [-0.4, -0.2) is 37.3 Å². The van der Waals surface area contributed by atoms with E-state index in [1.165, 1.54) is 17.6 Å². The molecule has 0 aliphatic heterocycles. The van der Waals surface area contributed by atoms with E-state index >= 15 is 0 Å². The van der Waals surface area contributed by atoms with Crippen LogP contribution in [0.25, 0.3) is 10.8 Å². The minimum Gasteiger partial charge on any atom is -0.465 e. The quantitative estimate of drug-likeness (QED) is 0.538. The second-order valence-electron chi connectivity index (χ2n) is 6.85. The molecule has 0 fully saturated rings. The zero-order chi connectivity index (χ0) is 22.4. The Morgan fingerprint density at radius 1 is 1.23 bits per heavy atom. The Hall–Kier alpha value is -3.23. The first-order chi connectivity index (χ1) is 14.9. The van der Waals surface area contributed by atoms with E-state index in [9.17, 15) is 13.2 Å².